The quantitative estimate of drug-likeness (QED) is 0.766. The van der Waals surface area contributed by atoms with Gasteiger partial charge in [-0.1, -0.05) is 6.07 Å². The molecule has 3 nitrogen and oxygen atoms in total. The zero-order valence-electron chi connectivity index (χ0n) is 7.99. The maximum absolute atomic E-state index is 11.2. The average molecular weight is 199 g/mol. The number of nitrogens with one attached hydrogen (secondary N) is 1. The van der Waals surface area contributed by atoms with Crippen molar-refractivity contribution >= 4 is 11.6 Å². The highest BCUT2D eigenvalue weighted by Gasteiger charge is 2.17. The normalized spacial score (nSPS) is 13.7. The standard InChI is InChI=1S/C12H9NO2/c14-12-6-10-5-8(1-2-11(10)13-12)9-3-4-15-7-9/h1-5,7H,6H2,(H,13,14). The average Bonchev–Trinajstić information content (AvgIpc) is 2.82. The van der Waals surface area contributed by atoms with Crippen LogP contribution in [0.2, 0.25) is 0 Å². The van der Waals surface area contributed by atoms with E-state index in [0.29, 0.717) is 6.42 Å². The molecule has 0 spiro atoms. The lowest BCUT2D eigenvalue weighted by Gasteiger charge is -2.01. The van der Waals surface area contributed by atoms with Crippen molar-refractivity contribution in [2.45, 2.75) is 6.42 Å². The number of hydrogen-bond acceptors (Lipinski definition) is 2. The summed E-state index contributed by atoms with van der Waals surface area (Å²) in [5, 5.41) is 2.81. The third-order valence-corrected chi connectivity index (χ3v) is 2.58. The highest BCUT2D eigenvalue weighted by Crippen LogP contribution is 2.28. The van der Waals surface area contributed by atoms with Crippen molar-refractivity contribution in [3.63, 3.8) is 0 Å². The second kappa shape index (κ2) is 2.98. The van der Waals surface area contributed by atoms with Gasteiger partial charge in [0.15, 0.2) is 0 Å². The molecular weight excluding hydrogens is 190 g/mol. The Morgan fingerprint density at radius 3 is 2.93 bits per heavy atom. The summed E-state index contributed by atoms with van der Waals surface area (Å²) in [5.41, 5.74) is 4.10. The summed E-state index contributed by atoms with van der Waals surface area (Å²) < 4.78 is 5.03. The van der Waals surface area contributed by atoms with Crippen LogP contribution >= 0.6 is 0 Å². The molecule has 0 fully saturated rings. The van der Waals surface area contributed by atoms with Gasteiger partial charge in [-0.3, -0.25) is 4.79 Å². The lowest BCUT2D eigenvalue weighted by atomic mass is 10.0. The van der Waals surface area contributed by atoms with Crippen molar-refractivity contribution in [3.05, 3.63) is 42.4 Å². The van der Waals surface area contributed by atoms with Gasteiger partial charge < -0.3 is 9.73 Å². The van der Waals surface area contributed by atoms with E-state index in [2.05, 4.69) is 5.32 Å². The largest absolute Gasteiger partial charge is 0.472 e. The van der Waals surface area contributed by atoms with Gasteiger partial charge in [0.05, 0.1) is 18.9 Å². The molecule has 1 N–H and O–H groups in total. The van der Waals surface area contributed by atoms with E-state index in [0.717, 1.165) is 22.4 Å². The summed E-state index contributed by atoms with van der Waals surface area (Å²) in [6, 6.07) is 7.85. The Hall–Kier alpha value is -2.03. The Labute approximate surface area is 86.7 Å². The monoisotopic (exact) mass is 199 g/mol. The molecule has 3 rings (SSSR count). The molecule has 1 aromatic heterocycles. The zero-order valence-corrected chi connectivity index (χ0v) is 7.99. The summed E-state index contributed by atoms with van der Waals surface area (Å²) in [6.07, 6.45) is 3.82. The van der Waals surface area contributed by atoms with Crippen LogP contribution in [0.1, 0.15) is 5.56 Å². The van der Waals surface area contributed by atoms with Gasteiger partial charge in [0.1, 0.15) is 0 Å². The minimum absolute atomic E-state index is 0.0642. The summed E-state index contributed by atoms with van der Waals surface area (Å²) in [4.78, 5) is 11.2. The van der Waals surface area contributed by atoms with Crippen molar-refractivity contribution in [2.75, 3.05) is 5.32 Å². The topological polar surface area (TPSA) is 42.2 Å². The Balaban J connectivity index is 2.07. The molecule has 0 atom stereocenters. The molecule has 0 aliphatic carbocycles. The van der Waals surface area contributed by atoms with Crippen LogP contribution in [0.3, 0.4) is 0 Å². The van der Waals surface area contributed by atoms with Crippen LogP contribution in [0, 0.1) is 0 Å². The minimum Gasteiger partial charge on any atom is -0.472 e. The number of hydrogen-bond donors (Lipinski definition) is 1. The van der Waals surface area contributed by atoms with E-state index in [4.69, 9.17) is 4.42 Å². The Morgan fingerprint density at radius 2 is 2.13 bits per heavy atom. The van der Waals surface area contributed by atoms with Crippen molar-refractivity contribution in [3.8, 4) is 11.1 Å². The number of rotatable bonds is 1. The maximum Gasteiger partial charge on any atom is 0.228 e. The van der Waals surface area contributed by atoms with Gasteiger partial charge in [-0.2, -0.15) is 0 Å². The van der Waals surface area contributed by atoms with Gasteiger partial charge in [0.25, 0.3) is 0 Å². The highest BCUT2D eigenvalue weighted by atomic mass is 16.3. The Kier molecular flexibility index (Phi) is 1.65. The van der Waals surface area contributed by atoms with Gasteiger partial charge in [-0.25, -0.2) is 0 Å². The fourth-order valence-corrected chi connectivity index (χ4v) is 1.84. The fourth-order valence-electron chi connectivity index (χ4n) is 1.84. The summed E-state index contributed by atoms with van der Waals surface area (Å²) >= 11 is 0. The van der Waals surface area contributed by atoms with Crippen LogP contribution in [0.15, 0.2) is 41.2 Å². The van der Waals surface area contributed by atoms with Gasteiger partial charge in [-0.15, -0.1) is 0 Å². The summed E-state index contributed by atoms with van der Waals surface area (Å²) in [7, 11) is 0. The summed E-state index contributed by atoms with van der Waals surface area (Å²) in [5.74, 6) is 0.0642. The van der Waals surface area contributed by atoms with Crippen LogP contribution in [0.4, 0.5) is 5.69 Å². The fraction of sp³-hybridized carbons (Fsp3) is 0.0833. The lowest BCUT2D eigenvalue weighted by molar-refractivity contribution is -0.115. The van der Waals surface area contributed by atoms with E-state index in [1.807, 2.05) is 24.3 Å². The predicted molar refractivity (Wildman–Crippen MR) is 56.5 cm³/mol. The van der Waals surface area contributed by atoms with Crippen molar-refractivity contribution in [2.24, 2.45) is 0 Å². The van der Waals surface area contributed by atoms with Crippen molar-refractivity contribution in [1.82, 2.24) is 0 Å². The van der Waals surface area contributed by atoms with Crippen molar-refractivity contribution in [1.29, 1.82) is 0 Å². The van der Waals surface area contributed by atoms with Crippen LogP contribution < -0.4 is 5.32 Å². The third-order valence-electron chi connectivity index (χ3n) is 2.58. The molecule has 15 heavy (non-hydrogen) atoms. The smallest absolute Gasteiger partial charge is 0.228 e. The molecule has 1 aliphatic rings. The molecule has 2 heterocycles. The Morgan fingerprint density at radius 1 is 1.20 bits per heavy atom. The summed E-state index contributed by atoms with van der Waals surface area (Å²) in [6.45, 7) is 0. The molecule has 3 heteroatoms. The van der Waals surface area contributed by atoms with Gasteiger partial charge in [0.2, 0.25) is 5.91 Å². The molecular formula is C12H9NO2. The van der Waals surface area contributed by atoms with Gasteiger partial charge in [-0.05, 0) is 29.3 Å². The molecule has 0 radical (unpaired) electrons. The number of fused-ring (bicyclic) bond motifs is 1. The first-order chi connectivity index (χ1) is 7.33. The zero-order chi connectivity index (χ0) is 10.3. The van der Waals surface area contributed by atoms with Crippen molar-refractivity contribution < 1.29 is 9.21 Å². The maximum atomic E-state index is 11.2. The molecule has 74 valence electrons. The van der Waals surface area contributed by atoms with Crippen LogP contribution in [0.5, 0.6) is 0 Å². The lowest BCUT2D eigenvalue weighted by Crippen LogP contribution is -2.03. The third kappa shape index (κ3) is 1.32. The molecule has 1 aliphatic heterocycles. The van der Waals surface area contributed by atoms with E-state index < -0.39 is 0 Å². The van der Waals surface area contributed by atoms with Crippen LogP contribution in [-0.2, 0) is 11.2 Å². The molecule has 0 bridgehead atoms. The number of amides is 1. The van der Waals surface area contributed by atoms with Gasteiger partial charge in [0, 0.05) is 11.3 Å². The van der Waals surface area contributed by atoms with E-state index >= 15 is 0 Å². The molecule has 0 unspecified atom stereocenters. The molecule has 2 aromatic rings. The highest BCUT2D eigenvalue weighted by molar-refractivity contribution is 5.99. The number of anilines is 1. The van der Waals surface area contributed by atoms with E-state index in [1.54, 1.807) is 12.5 Å². The minimum atomic E-state index is 0.0642. The van der Waals surface area contributed by atoms with Gasteiger partial charge >= 0.3 is 0 Å². The first kappa shape index (κ1) is 8.29. The molecule has 0 saturated carbocycles. The first-order valence-corrected chi connectivity index (χ1v) is 4.78. The second-order valence-corrected chi connectivity index (χ2v) is 3.61. The van der Waals surface area contributed by atoms with Crippen LogP contribution in [-0.4, -0.2) is 5.91 Å². The van der Waals surface area contributed by atoms with E-state index in [9.17, 15) is 4.79 Å². The molecule has 1 amide bonds. The SMILES string of the molecule is O=C1Cc2cc(-c3ccoc3)ccc2N1. The molecule has 0 saturated heterocycles. The second-order valence-electron chi connectivity index (χ2n) is 3.61. The van der Waals surface area contributed by atoms with Crippen LogP contribution in [0.25, 0.3) is 11.1 Å². The molecule has 1 aromatic carbocycles. The van der Waals surface area contributed by atoms with E-state index in [1.165, 1.54) is 0 Å². The van der Waals surface area contributed by atoms with E-state index in [-0.39, 0.29) is 5.91 Å². The number of carbonyl (C=O) groups excluding carboxylic acids is 1. The number of furan rings is 1. The predicted octanol–water partition coefficient (Wildman–Crippen LogP) is 2.44. The number of benzene rings is 1. The first-order valence-electron chi connectivity index (χ1n) is 4.78. The Bertz CT molecular complexity index is 514. The number of carbonyl (C=O) groups is 1.